The Balaban J connectivity index is 1.28. The number of ether oxygens (including phenoxy) is 1. The van der Waals surface area contributed by atoms with E-state index in [9.17, 15) is 9.59 Å². The Morgan fingerprint density at radius 2 is 1.73 bits per heavy atom. The molecular formula is C24H29N3O3. The van der Waals surface area contributed by atoms with Crippen molar-refractivity contribution >= 4 is 17.6 Å². The zero-order valence-electron chi connectivity index (χ0n) is 17.4. The highest BCUT2D eigenvalue weighted by atomic mass is 16.5. The summed E-state index contributed by atoms with van der Waals surface area (Å²) in [7, 11) is 0. The maximum Gasteiger partial charge on any atom is 0.324 e. The van der Waals surface area contributed by atoms with E-state index in [-0.39, 0.29) is 24.0 Å². The van der Waals surface area contributed by atoms with Crippen LogP contribution in [-0.4, -0.2) is 49.1 Å². The monoisotopic (exact) mass is 407 g/mol. The van der Waals surface area contributed by atoms with Gasteiger partial charge in [0, 0.05) is 25.6 Å². The summed E-state index contributed by atoms with van der Waals surface area (Å²) < 4.78 is 5.85. The fraction of sp³-hybridized carbons (Fsp3) is 0.417. The molecule has 6 heteroatoms. The maximum atomic E-state index is 13.2. The Labute approximate surface area is 177 Å². The smallest absolute Gasteiger partial charge is 0.324 e. The summed E-state index contributed by atoms with van der Waals surface area (Å²) in [5.41, 5.74) is 2.04. The molecule has 6 nitrogen and oxygen atoms in total. The van der Waals surface area contributed by atoms with Gasteiger partial charge >= 0.3 is 6.03 Å². The van der Waals surface area contributed by atoms with E-state index in [0.29, 0.717) is 39.0 Å². The number of benzene rings is 2. The molecule has 2 aliphatic heterocycles. The van der Waals surface area contributed by atoms with Gasteiger partial charge in [-0.05, 0) is 43.9 Å². The lowest BCUT2D eigenvalue weighted by atomic mass is 9.96. The number of nitrogens with one attached hydrogen (secondary N) is 1. The van der Waals surface area contributed by atoms with Crippen molar-refractivity contribution in [2.45, 2.75) is 32.3 Å². The van der Waals surface area contributed by atoms with Gasteiger partial charge in [-0.15, -0.1) is 0 Å². The molecule has 0 aliphatic carbocycles. The van der Waals surface area contributed by atoms with E-state index in [0.717, 1.165) is 17.9 Å². The molecule has 2 aromatic carbocycles. The van der Waals surface area contributed by atoms with Gasteiger partial charge in [-0.1, -0.05) is 42.5 Å². The van der Waals surface area contributed by atoms with Crippen molar-refractivity contribution in [2.24, 2.45) is 5.92 Å². The first-order chi connectivity index (χ1) is 14.6. The summed E-state index contributed by atoms with van der Waals surface area (Å²) in [5, 5.41) is 3.06. The molecule has 0 spiro atoms. The first-order valence-corrected chi connectivity index (χ1v) is 10.8. The predicted molar refractivity (Wildman–Crippen MR) is 117 cm³/mol. The summed E-state index contributed by atoms with van der Waals surface area (Å²) in [4.78, 5) is 29.4. The van der Waals surface area contributed by atoms with Gasteiger partial charge in [0.05, 0.1) is 12.2 Å². The summed E-state index contributed by atoms with van der Waals surface area (Å²) in [6.07, 6.45) is 2.18. The van der Waals surface area contributed by atoms with Crippen LogP contribution in [0.3, 0.4) is 0 Å². The second-order valence-electron chi connectivity index (χ2n) is 8.08. The molecular weight excluding hydrogens is 378 g/mol. The van der Waals surface area contributed by atoms with Crippen LogP contribution >= 0.6 is 0 Å². The average molecular weight is 408 g/mol. The third-order valence-corrected chi connectivity index (χ3v) is 5.85. The Bertz CT molecular complexity index is 878. The van der Waals surface area contributed by atoms with Crippen LogP contribution in [0.2, 0.25) is 0 Å². The number of fused-ring (bicyclic) bond motifs is 1. The minimum absolute atomic E-state index is 0.000496. The number of carbonyl (C=O) groups excluding carboxylic acids is 2. The maximum absolute atomic E-state index is 13.2. The van der Waals surface area contributed by atoms with E-state index >= 15 is 0 Å². The van der Waals surface area contributed by atoms with Gasteiger partial charge in [0.2, 0.25) is 5.91 Å². The zero-order valence-corrected chi connectivity index (χ0v) is 17.4. The van der Waals surface area contributed by atoms with Crippen LogP contribution in [0, 0.1) is 5.92 Å². The molecule has 30 heavy (non-hydrogen) atoms. The van der Waals surface area contributed by atoms with Crippen molar-refractivity contribution in [1.82, 2.24) is 10.2 Å². The number of amides is 3. The molecule has 0 radical (unpaired) electrons. The molecule has 0 saturated carbocycles. The molecule has 2 aromatic rings. The molecule has 1 fully saturated rings. The molecule has 0 aromatic heterocycles. The number of urea groups is 1. The number of likely N-dealkylation sites (tertiary alicyclic amines) is 1. The minimum atomic E-state index is -0.0446. The van der Waals surface area contributed by atoms with Gasteiger partial charge in [-0.25, -0.2) is 4.79 Å². The van der Waals surface area contributed by atoms with Crippen LogP contribution in [-0.2, 0) is 11.2 Å². The van der Waals surface area contributed by atoms with Crippen LogP contribution in [0.5, 0.6) is 5.75 Å². The van der Waals surface area contributed by atoms with Gasteiger partial charge in [0.15, 0.2) is 0 Å². The topological polar surface area (TPSA) is 61.9 Å². The number of anilines is 1. The van der Waals surface area contributed by atoms with Crippen molar-refractivity contribution in [2.75, 3.05) is 31.1 Å². The van der Waals surface area contributed by atoms with Gasteiger partial charge in [-0.3, -0.25) is 9.69 Å². The van der Waals surface area contributed by atoms with Crippen LogP contribution in [0.4, 0.5) is 10.5 Å². The molecule has 2 aliphatic rings. The Hall–Kier alpha value is -3.02. The third-order valence-electron chi connectivity index (χ3n) is 5.85. The second kappa shape index (κ2) is 9.20. The third kappa shape index (κ3) is 4.58. The number of piperidine rings is 1. The molecule has 2 heterocycles. The van der Waals surface area contributed by atoms with E-state index in [4.69, 9.17) is 4.74 Å². The lowest BCUT2D eigenvalue weighted by Gasteiger charge is -2.39. The van der Waals surface area contributed by atoms with E-state index in [1.54, 1.807) is 0 Å². The van der Waals surface area contributed by atoms with E-state index in [2.05, 4.69) is 17.4 Å². The van der Waals surface area contributed by atoms with Crippen molar-refractivity contribution in [3.05, 3.63) is 60.2 Å². The normalized spacial score (nSPS) is 19.0. The lowest BCUT2D eigenvalue weighted by Crippen LogP contribution is -2.52. The highest BCUT2D eigenvalue weighted by Crippen LogP contribution is 2.34. The molecule has 3 amide bonds. The number of carbonyl (C=O) groups is 2. The molecule has 4 rings (SSSR count). The van der Waals surface area contributed by atoms with Crippen molar-refractivity contribution in [1.29, 1.82) is 0 Å². The van der Waals surface area contributed by atoms with Gasteiger partial charge in [0.25, 0.3) is 0 Å². The number of nitrogens with zero attached hydrogens (tertiary/aromatic N) is 2. The van der Waals surface area contributed by atoms with Gasteiger partial charge < -0.3 is 15.0 Å². The Kier molecular flexibility index (Phi) is 6.21. The summed E-state index contributed by atoms with van der Waals surface area (Å²) in [6, 6.07) is 17.8. The first kappa shape index (κ1) is 20.3. The second-order valence-corrected chi connectivity index (χ2v) is 8.08. The molecule has 1 atom stereocenters. The molecule has 0 unspecified atom stereocenters. The van der Waals surface area contributed by atoms with Crippen LogP contribution in [0.15, 0.2) is 54.6 Å². The first-order valence-electron chi connectivity index (χ1n) is 10.8. The number of rotatable bonds is 4. The Morgan fingerprint density at radius 3 is 2.50 bits per heavy atom. The quantitative estimate of drug-likeness (QED) is 0.844. The molecule has 1 saturated heterocycles. The summed E-state index contributed by atoms with van der Waals surface area (Å²) in [5.74, 6) is 0.821. The van der Waals surface area contributed by atoms with Crippen LogP contribution < -0.4 is 15.0 Å². The standard InChI is InChI=1S/C24H29N3O3/c1-18-17-27(21-9-5-6-10-22(21)30-18)24(29)26-15-12-20(13-16-26)23(28)25-14-11-19-7-3-2-4-8-19/h2-10,18,20H,11-17H2,1H3,(H,25,28)/t18-/m1/s1. The van der Waals surface area contributed by atoms with E-state index in [1.807, 2.05) is 59.2 Å². The highest BCUT2D eigenvalue weighted by Gasteiger charge is 2.33. The SMILES string of the molecule is C[C@@H]1CN(C(=O)N2CCC(C(=O)NCCc3ccccc3)CC2)c2ccccc2O1. The zero-order chi connectivity index (χ0) is 20.9. The van der Waals surface area contributed by atoms with E-state index in [1.165, 1.54) is 5.56 Å². The fourth-order valence-electron chi connectivity index (χ4n) is 4.19. The Morgan fingerprint density at radius 1 is 1.03 bits per heavy atom. The van der Waals surface area contributed by atoms with Crippen molar-refractivity contribution in [3.8, 4) is 5.75 Å². The number of hydrogen-bond acceptors (Lipinski definition) is 3. The van der Waals surface area contributed by atoms with Crippen molar-refractivity contribution in [3.63, 3.8) is 0 Å². The minimum Gasteiger partial charge on any atom is -0.487 e. The largest absolute Gasteiger partial charge is 0.487 e. The van der Waals surface area contributed by atoms with Crippen LogP contribution in [0.25, 0.3) is 0 Å². The van der Waals surface area contributed by atoms with Crippen molar-refractivity contribution < 1.29 is 14.3 Å². The number of hydrogen-bond donors (Lipinski definition) is 1. The van der Waals surface area contributed by atoms with Gasteiger partial charge in [0.1, 0.15) is 11.9 Å². The predicted octanol–water partition coefficient (Wildman–Crippen LogP) is 3.46. The van der Waals surface area contributed by atoms with Crippen LogP contribution in [0.1, 0.15) is 25.3 Å². The van der Waals surface area contributed by atoms with Gasteiger partial charge in [-0.2, -0.15) is 0 Å². The molecule has 0 bridgehead atoms. The lowest BCUT2D eigenvalue weighted by molar-refractivity contribution is -0.126. The molecule has 158 valence electrons. The average Bonchev–Trinajstić information content (AvgIpc) is 2.78. The summed E-state index contributed by atoms with van der Waals surface area (Å²) in [6.45, 7) is 4.36. The van der Waals surface area contributed by atoms with E-state index < -0.39 is 0 Å². The number of para-hydroxylation sites is 2. The molecule has 1 N–H and O–H groups in total. The fourth-order valence-corrected chi connectivity index (χ4v) is 4.19. The highest BCUT2D eigenvalue weighted by molar-refractivity contribution is 5.94. The summed E-state index contributed by atoms with van der Waals surface area (Å²) >= 11 is 0.